The largest absolute Gasteiger partial charge is 0.490 e. The molecule has 0 aliphatic carbocycles. The summed E-state index contributed by atoms with van der Waals surface area (Å²) in [7, 11) is 1.69. The maximum Gasteiger partial charge on any atom is 0.290 e. The van der Waals surface area contributed by atoms with Gasteiger partial charge in [-0.05, 0) is 68.1 Å². The average molecular weight is 436 g/mol. The van der Waals surface area contributed by atoms with Gasteiger partial charge in [0.25, 0.3) is 5.91 Å². The molecule has 0 bridgehead atoms. The predicted molar refractivity (Wildman–Crippen MR) is 124 cm³/mol. The molecule has 4 rings (SSSR count). The van der Waals surface area contributed by atoms with Crippen molar-refractivity contribution in [3.8, 4) is 11.5 Å². The average Bonchev–Trinajstić information content (AvgIpc) is 3.02. The van der Waals surface area contributed by atoms with E-state index in [4.69, 9.17) is 13.9 Å². The van der Waals surface area contributed by atoms with Gasteiger partial charge >= 0.3 is 0 Å². The molecular formula is C26H29NO5. The highest BCUT2D eigenvalue weighted by Crippen LogP contribution is 2.40. The summed E-state index contributed by atoms with van der Waals surface area (Å²) in [5, 5.41) is 0.490. The van der Waals surface area contributed by atoms with E-state index in [0.29, 0.717) is 41.2 Å². The van der Waals surface area contributed by atoms with Crippen LogP contribution in [0, 0.1) is 13.8 Å². The van der Waals surface area contributed by atoms with Crippen LogP contribution >= 0.6 is 0 Å². The number of fused-ring (bicyclic) bond motifs is 2. The lowest BCUT2D eigenvalue weighted by Crippen LogP contribution is -2.25. The molecule has 0 fully saturated rings. The summed E-state index contributed by atoms with van der Waals surface area (Å²) in [6.07, 6.45) is 1.99. The number of carbonyl (C=O) groups excluding carboxylic acids is 1. The minimum Gasteiger partial charge on any atom is -0.490 e. The van der Waals surface area contributed by atoms with E-state index in [1.54, 1.807) is 11.9 Å². The first-order valence-corrected chi connectivity index (χ1v) is 11.1. The summed E-state index contributed by atoms with van der Waals surface area (Å²) in [5.41, 5.74) is 3.43. The van der Waals surface area contributed by atoms with Crippen LogP contribution < -0.4 is 14.9 Å². The number of nitrogens with zero attached hydrogens (tertiary/aromatic N) is 1. The standard InChI is InChI=1S/C26H29NO5/c1-6-8-11-31-19-10-9-17(14-21(19)30-7-2)23-22-24(28)18-12-15(3)16(4)13-20(18)32-25(22)26(29)27(23)5/h9-10,12-14,23H,6-8,11H2,1-5H3. The number of ether oxygens (including phenoxy) is 2. The Labute approximate surface area is 187 Å². The minimum atomic E-state index is -0.552. The third kappa shape index (κ3) is 3.64. The zero-order chi connectivity index (χ0) is 23.0. The summed E-state index contributed by atoms with van der Waals surface area (Å²) in [5.74, 6) is 1.07. The molecule has 1 aromatic heterocycles. The Balaban J connectivity index is 1.84. The first-order valence-electron chi connectivity index (χ1n) is 11.1. The molecule has 0 saturated heterocycles. The monoisotopic (exact) mass is 435 g/mol. The van der Waals surface area contributed by atoms with Crippen molar-refractivity contribution in [2.75, 3.05) is 20.3 Å². The van der Waals surface area contributed by atoms with Crippen LogP contribution in [-0.2, 0) is 0 Å². The molecule has 6 nitrogen and oxygen atoms in total. The van der Waals surface area contributed by atoms with Gasteiger partial charge in [-0.2, -0.15) is 0 Å². The van der Waals surface area contributed by atoms with Crippen molar-refractivity contribution in [1.29, 1.82) is 0 Å². The zero-order valence-corrected chi connectivity index (χ0v) is 19.3. The molecule has 32 heavy (non-hydrogen) atoms. The fourth-order valence-electron chi connectivity index (χ4n) is 4.14. The van der Waals surface area contributed by atoms with Gasteiger partial charge in [-0.3, -0.25) is 9.59 Å². The molecule has 3 aromatic rings. The number of carbonyl (C=O) groups is 1. The van der Waals surface area contributed by atoms with E-state index in [1.807, 2.05) is 51.1 Å². The van der Waals surface area contributed by atoms with Gasteiger partial charge in [-0.15, -0.1) is 0 Å². The normalized spacial score (nSPS) is 15.3. The molecule has 1 aliphatic rings. The third-order valence-corrected chi connectivity index (χ3v) is 6.06. The van der Waals surface area contributed by atoms with E-state index < -0.39 is 6.04 Å². The third-order valence-electron chi connectivity index (χ3n) is 6.06. The maximum atomic E-state index is 13.5. The zero-order valence-electron chi connectivity index (χ0n) is 19.3. The number of aryl methyl sites for hydroxylation is 2. The molecule has 168 valence electrons. The Morgan fingerprint density at radius 1 is 1.00 bits per heavy atom. The summed E-state index contributed by atoms with van der Waals surface area (Å²) < 4.78 is 17.7. The topological polar surface area (TPSA) is 69.0 Å². The smallest absolute Gasteiger partial charge is 0.290 e. The lowest BCUT2D eigenvalue weighted by Gasteiger charge is -2.22. The van der Waals surface area contributed by atoms with Gasteiger partial charge in [0.1, 0.15) is 5.58 Å². The number of hydrogen-bond donors (Lipinski definition) is 0. The summed E-state index contributed by atoms with van der Waals surface area (Å²) in [6, 6.07) is 8.71. The second-order valence-electron chi connectivity index (χ2n) is 8.27. The van der Waals surface area contributed by atoms with Gasteiger partial charge in [0, 0.05) is 7.05 Å². The molecule has 1 aliphatic heterocycles. The number of hydrogen-bond acceptors (Lipinski definition) is 5. The van der Waals surface area contributed by atoms with Crippen LogP contribution in [0.3, 0.4) is 0 Å². The molecule has 1 unspecified atom stereocenters. The quantitative estimate of drug-likeness (QED) is 0.479. The fourth-order valence-corrected chi connectivity index (χ4v) is 4.14. The Kier molecular flexibility index (Phi) is 5.96. The van der Waals surface area contributed by atoms with Crippen LogP contribution in [0.4, 0.5) is 0 Å². The molecule has 2 heterocycles. The van der Waals surface area contributed by atoms with Gasteiger partial charge in [0.15, 0.2) is 16.9 Å². The van der Waals surface area contributed by atoms with Crippen LogP contribution in [0.25, 0.3) is 11.0 Å². The molecule has 6 heteroatoms. The van der Waals surface area contributed by atoms with Gasteiger partial charge in [0.2, 0.25) is 5.76 Å². The molecule has 0 saturated carbocycles. The lowest BCUT2D eigenvalue weighted by molar-refractivity contribution is 0.0771. The van der Waals surface area contributed by atoms with Gasteiger partial charge < -0.3 is 18.8 Å². The van der Waals surface area contributed by atoms with Crippen LogP contribution in [-0.4, -0.2) is 31.1 Å². The minimum absolute atomic E-state index is 0.111. The van der Waals surface area contributed by atoms with E-state index in [-0.39, 0.29) is 17.1 Å². The van der Waals surface area contributed by atoms with Crippen molar-refractivity contribution in [2.45, 2.75) is 46.6 Å². The van der Waals surface area contributed by atoms with Gasteiger partial charge in [0.05, 0.1) is 30.2 Å². The van der Waals surface area contributed by atoms with Crippen molar-refractivity contribution in [1.82, 2.24) is 4.90 Å². The van der Waals surface area contributed by atoms with E-state index >= 15 is 0 Å². The van der Waals surface area contributed by atoms with E-state index in [1.165, 1.54) is 0 Å². The molecule has 0 spiro atoms. The van der Waals surface area contributed by atoms with Crippen LogP contribution in [0.5, 0.6) is 11.5 Å². The fraction of sp³-hybridized carbons (Fsp3) is 0.385. The predicted octanol–water partition coefficient (Wildman–Crippen LogP) is 5.16. The highest BCUT2D eigenvalue weighted by molar-refractivity contribution is 5.99. The van der Waals surface area contributed by atoms with E-state index in [2.05, 4.69) is 6.92 Å². The second-order valence-corrected chi connectivity index (χ2v) is 8.27. The van der Waals surface area contributed by atoms with Crippen molar-refractivity contribution >= 4 is 16.9 Å². The van der Waals surface area contributed by atoms with Gasteiger partial charge in [-0.1, -0.05) is 19.4 Å². The van der Waals surface area contributed by atoms with Crippen LogP contribution in [0.2, 0.25) is 0 Å². The second kappa shape index (κ2) is 8.69. The summed E-state index contributed by atoms with van der Waals surface area (Å²) >= 11 is 0. The highest BCUT2D eigenvalue weighted by Gasteiger charge is 2.41. The van der Waals surface area contributed by atoms with Gasteiger partial charge in [-0.25, -0.2) is 0 Å². The Morgan fingerprint density at radius 2 is 1.75 bits per heavy atom. The number of rotatable bonds is 7. The first-order chi connectivity index (χ1) is 15.4. The SMILES string of the molecule is CCCCOc1ccc(C2c3c(oc4cc(C)c(C)cc4c3=O)C(=O)N2C)cc1OCC. The Bertz CT molecular complexity index is 1240. The molecule has 1 amide bonds. The number of unbranched alkanes of at least 4 members (excludes halogenated alkanes) is 1. The highest BCUT2D eigenvalue weighted by atomic mass is 16.5. The summed E-state index contributed by atoms with van der Waals surface area (Å²) in [6.45, 7) is 9.02. The lowest BCUT2D eigenvalue weighted by atomic mass is 9.97. The maximum absolute atomic E-state index is 13.5. The van der Waals surface area contributed by atoms with Crippen molar-refractivity contribution < 1.29 is 18.7 Å². The molecule has 1 atom stereocenters. The van der Waals surface area contributed by atoms with Crippen molar-refractivity contribution in [3.63, 3.8) is 0 Å². The first kappa shape index (κ1) is 21.9. The molecular weight excluding hydrogens is 406 g/mol. The van der Waals surface area contributed by atoms with Crippen LogP contribution in [0.1, 0.15) is 65.5 Å². The van der Waals surface area contributed by atoms with Crippen molar-refractivity contribution in [3.05, 3.63) is 68.6 Å². The molecule has 2 aromatic carbocycles. The van der Waals surface area contributed by atoms with Crippen LogP contribution in [0.15, 0.2) is 39.5 Å². The number of amides is 1. The van der Waals surface area contributed by atoms with E-state index in [9.17, 15) is 9.59 Å². The number of benzene rings is 2. The van der Waals surface area contributed by atoms with E-state index in [0.717, 1.165) is 29.5 Å². The Hall–Kier alpha value is -3.28. The Morgan fingerprint density at radius 3 is 2.47 bits per heavy atom. The molecule has 0 radical (unpaired) electrons. The molecule has 0 N–H and O–H groups in total. The van der Waals surface area contributed by atoms with Crippen molar-refractivity contribution in [2.24, 2.45) is 0 Å². The summed E-state index contributed by atoms with van der Waals surface area (Å²) in [4.78, 5) is 28.1.